The summed E-state index contributed by atoms with van der Waals surface area (Å²) in [6.07, 6.45) is 1.12. The first-order valence-electron chi connectivity index (χ1n) is 8.04. The number of carbonyl (C=O) groups excluding carboxylic acids is 1. The van der Waals surface area contributed by atoms with Gasteiger partial charge in [0.05, 0.1) is 11.8 Å². The van der Waals surface area contributed by atoms with Gasteiger partial charge in [-0.05, 0) is 42.7 Å². The number of benzene rings is 2. The number of hydrogen-bond donors (Lipinski definition) is 2. The molecule has 0 aromatic heterocycles. The average molecular weight is 343 g/mol. The van der Waals surface area contributed by atoms with Crippen LogP contribution >= 0.6 is 0 Å². The summed E-state index contributed by atoms with van der Waals surface area (Å²) in [6.45, 7) is 0.279. The van der Waals surface area contributed by atoms with E-state index in [0.29, 0.717) is 24.3 Å². The van der Waals surface area contributed by atoms with Crippen LogP contribution in [-0.2, 0) is 16.2 Å². The highest BCUT2D eigenvalue weighted by atomic mass is 19.1. The Labute approximate surface area is 144 Å². The molecule has 1 amide bonds. The highest BCUT2D eigenvalue weighted by Crippen LogP contribution is 2.35. The van der Waals surface area contributed by atoms with Crippen LogP contribution in [0.5, 0.6) is 5.75 Å². The Morgan fingerprint density at radius 2 is 1.84 bits per heavy atom. The van der Waals surface area contributed by atoms with Crippen molar-refractivity contribution in [3.63, 3.8) is 0 Å². The second kappa shape index (κ2) is 7.34. The van der Waals surface area contributed by atoms with Crippen LogP contribution in [0.4, 0.5) is 10.1 Å². The quantitative estimate of drug-likeness (QED) is 0.842. The van der Waals surface area contributed by atoms with Crippen LogP contribution in [-0.4, -0.2) is 17.0 Å². The molecule has 1 aliphatic rings. The van der Waals surface area contributed by atoms with Gasteiger partial charge in [-0.15, -0.1) is 0 Å². The number of carbonyl (C=O) groups is 2. The van der Waals surface area contributed by atoms with Crippen molar-refractivity contribution in [2.24, 2.45) is 11.8 Å². The van der Waals surface area contributed by atoms with Gasteiger partial charge in [-0.2, -0.15) is 0 Å². The molecule has 2 unspecified atom stereocenters. The zero-order chi connectivity index (χ0) is 17.8. The highest BCUT2D eigenvalue weighted by molar-refractivity contribution is 5.96. The van der Waals surface area contributed by atoms with E-state index in [1.54, 1.807) is 36.4 Å². The zero-order valence-corrected chi connectivity index (χ0v) is 13.4. The van der Waals surface area contributed by atoms with Crippen molar-refractivity contribution < 1.29 is 23.8 Å². The second-order valence-corrected chi connectivity index (χ2v) is 6.06. The number of aliphatic carboxylic acids is 1. The molecule has 0 saturated heterocycles. The minimum atomic E-state index is -0.928. The molecular formula is C19H18FNO4. The minimum absolute atomic E-state index is 0.279. The van der Waals surface area contributed by atoms with Crippen LogP contribution in [0, 0.1) is 17.7 Å². The third kappa shape index (κ3) is 4.15. The number of halogens is 1. The molecule has 2 atom stereocenters. The SMILES string of the molecule is O=C(O)C1CCC1C(=O)Nc1cccc(OCc2ccc(F)cc2)c1. The van der Waals surface area contributed by atoms with E-state index in [4.69, 9.17) is 9.84 Å². The number of carboxylic acid groups (broad SMARTS) is 1. The van der Waals surface area contributed by atoms with Crippen LogP contribution in [0.3, 0.4) is 0 Å². The van der Waals surface area contributed by atoms with Gasteiger partial charge in [0.25, 0.3) is 0 Å². The fourth-order valence-corrected chi connectivity index (χ4v) is 2.76. The Hall–Kier alpha value is -2.89. The summed E-state index contributed by atoms with van der Waals surface area (Å²) in [7, 11) is 0. The van der Waals surface area contributed by atoms with E-state index in [1.165, 1.54) is 12.1 Å². The summed E-state index contributed by atoms with van der Waals surface area (Å²) >= 11 is 0. The van der Waals surface area contributed by atoms with Gasteiger partial charge in [0.2, 0.25) is 5.91 Å². The molecule has 130 valence electrons. The molecule has 6 heteroatoms. The Kier molecular flexibility index (Phi) is 4.97. The largest absolute Gasteiger partial charge is 0.489 e. The van der Waals surface area contributed by atoms with E-state index in [1.807, 2.05) is 0 Å². The first-order valence-corrected chi connectivity index (χ1v) is 8.04. The van der Waals surface area contributed by atoms with E-state index in [2.05, 4.69) is 5.32 Å². The fourth-order valence-electron chi connectivity index (χ4n) is 2.76. The number of rotatable bonds is 6. The van der Waals surface area contributed by atoms with Crippen molar-refractivity contribution in [3.8, 4) is 5.75 Å². The van der Waals surface area contributed by atoms with Crippen LogP contribution < -0.4 is 10.1 Å². The van der Waals surface area contributed by atoms with E-state index in [0.717, 1.165) is 5.56 Å². The van der Waals surface area contributed by atoms with Gasteiger partial charge in [0, 0.05) is 11.8 Å². The van der Waals surface area contributed by atoms with Crippen molar-refractivity contribution in [1.29, 1.82) is 0 Å². The van der Waals surface area contributed by atoms with E-state index in [9.17, 15) is 14.0 Å². The first kappa shape index (κ1) is 17.0. The number of hydrogen-bond acceptors (Lipinski definition) is 3. The molecule has 2 N–H and O–H groups in total. The lowest BCUT2D eigenvalue weighted by molar-refractivity contribution is -0.151. The molecule has 1 fully saturated rings. The highest BCUT2D eigenvalue weighted by Gasteiger charge is 2.41. The van der Waals surface area contributed by atoms with Gasteiger partial charge in [-0.25, -0.2) is 4.39 Å². The fraction of sp³-hybridized carbons (Fsp3) is 0.263. The number of ether oxygens (including phenoxy) is 1. The zero-order valence-electron chi connectivity index (χ0n) is 13.4. The van der Waals surface area contributed by atoms with Gasteiger partial charge < -0.3 is 15.2 Å². The predicted molar refractivity (Wildman–Crippen MR) is 89.7 cm³/mol. The van der Waals surface area contributed by atoms with Gasteiger partial charge in [-0.3, -0.25) is 9.59 Å². The number of amides is 1. The molecular weight excluding hydrogens is 325 g/mol. The van der Waals surface area contributed by atoms with Crippen molar-refractivity contribution in [2.75, 3.05) is 5.32 Å². The number of anilines is 1. The number of nitrogens with one attached hydrogen (secondary N) is 1. The third-order valence-corrected chi connectivity index (χ3v) is 4.35. The monoisotopic (exact) mass is 343 g/mol. The van der Waals surface area contributed by atoms with Gasteiger partial charge >= 0.3 is 5.97 Å². The van der Waals surface area contributed by atoms with E-state index >= 15 is 0 Å². The molecule has 3 rings (SSSR count). The average Bonchev–Trinajstić information content (AvgIpc) is 2.53. The second-order valence-electron chi connectivity index (χ2n) is 6.06. The van der Waals surface area contributed by atoms with Crippen molar-refractivity contribution in [1.82, 2.24) is 0 Å². The molecule has 5 nitrogen and oxygen atoms in total. The first-order chi connectivity index (χ1) is 12.0. The summed E-state index contributed by atoms with van der Waals surface area (Å²) in [4.78, 5) is 23.2. The molecule has 2 aromatic carbocycles. The standard InChI is InChI=1S/C19H18FNO4/c20-13-6-4-12(5-7-13)11-25-15-3-1-2-14(10-15)21-18(22)16-8-9-17(16)19(23)24/h1-7,10,16-17H,8-9,11H2,(H,21,22)(H,23,24). The van der Waals surface area contributed by atoms with Crippen LogP contribution in [0.15, 0.2) is 48.5 Å². The topological polar surface area (TPSA) is 75.6 Å². The predicted octanol–water partition coefficient (Wildman–Crippen LogP) is 3.45. The minimum Gasteiger partial charge on any atom is -0.489 e. The normalized spacial score (nSPS) is 18.9. The number of carboxylic acids is 1. The Morgan fingerprint density at radius 3 is 2.48 bits per heavy atom. The van der Waals surface area contributed by atoms with Crippen LogP contribution in [0.1, 0.15) is 18.4 Å². The maximum Gasteiger partial charge on any atom is 0.307 e. The molecule has 1 saturated carbocycles. The maximum atomic E-state index is 12.9. The molecule has 0 aliphatic heterocycles. The van der Waals surface area contributed by atoms with Gasteiger partial charge in [-0.1, -0.05) is 18.2 Å². The summed E-state index contributed by atoms with van der Waals surface area (Å²) in [5.41, 5.74) is 1.38. The molecule has 0 heterocycles. The molecule has 0 spiro atoms. The Morgan fingerprint density at radius 1 is 1.12 bits per heavy atom. The Bertz CT molecular complexity index is 775. The lowest BCUT2D eigenvalue weighted by atomic mass is 9.73. The van der Waals surface area contributed by atoms with Crippen molar-refractivity contribution in [3.05, 3.63) is 59.9 Å². The molecule has 0 radical (unpaired) electrons. The van der Waals surface area contributed by atoms with Gasteiger partial charge in [0.15, 0.2) is 0 Å². The maximum absolute atomic E-state index is 12.9. The molecule has 25 heavy (non-hydrogen) atoms. The summed E-state index contributed by atoms with van der Waals surface area (Å²) in [5.74, 6) is -2.04. The Balaban J connectivity index is 1.58. The summed E-state index contributed by atoms with van der Waals surface area (Å²) in [5, 5.41) is 11.8. The van der Waals surface area contributed by atoms with Gasteiger partial charge in [0.1, 0.15) is 18.2 Å². The third-order valence-electron chi connectivity index (χ3n) is 4.35. The lowest BCUT2D eigenvalue weighted by Gasteiger charge is -2.31. The van der Waals surface area contributed by atoms with Crippen LogP contribution in [0.25, 0.3) is 0 Å². The summed E-state index contributed by atoms with van der Waals surface area (Å²) in [6, 6.07) is 12.9. The van der Waals surface area contributed by atoms with Crippen molar-refractivity contribution in [2.45, 2.75) is 19.4 Å². The summed E-state index contributed by atoms with van der Waals surface area (Å²) < 4.78 is 18.5. The van der Waals surface area contributed by atoms with E-state index in [-0.39, 0.29) is 18.3 Å². The lowest BCUT2D eigenvalue weighted by Crippen LogP contribution is -2.41. The molecule has 1 aliphatic carbocycles. The van der Waals surface area contributed by atoms with E-state index < -0.39 is 17.8 Å². The van der Waals surface area contributed by atoms with Crippen LogP contribution in [0.2, 0.25) is 0 Å². The van der Waals surface area contributed by atoms with Crippen molar-refractivity contribution >= 4 is 17.6 Å². The molecule has 2 aromatic rings. The molecule has 0 bridgehead atoms. The smallest absolute Gasteiger partial charge is 0.307 e.